The van der Waals surface area contributed by atoms with Gasteiger partial charge < -0.3 is 23.8 Å². The maximum atomic E-state index is 13.7. The third kappa shape index (κ3) is 8.92. The summed E-state index contributed by atoms with van der Waals surface area (Å²) in [6, 6.07) is 21.8. The average molecular weight is 540 g/mol. The number of aromatic nitrogens is 1. The molecule has 0 aliphatic carbocycles. The molecule has 0 aliphatic rings. The Morgan fingerprint density at radius 3 is 2.45 bits per heavy atom. The number of ether oxygens (including phenoxy) is 2. The molecule has 0 bridgehead atoms. The molecular weight excluding hydrogens is 502 g/mol. The highest BCUT2D eigenvalue weighted by molar-refractivity contribution is 6.30. The van der Waals surface area contributed by atoms with Crippen molar-refractivity contribution in [2.45, 2.75) is 45.3 Å². The fourth-order valence-electron chi connectivity index (χ4n) is 4.23. The predicted molar refractivity (Wildman–Crippen MR) is 150 cm³/mol. The molecule has 8 heteroatoms. The van der Waals surface area contributed by atoms with Gasteiger partial charge >= 0.3 is 0 Å². The molecule has 0 saturated carbocycles. The minimum atomic E-state index is -0.711. The lowest BCUT2D eigenvalue weighted by molar-refractivity contribution is -0.141. The monoisotopic (exact) mass is 539 g/mol. The van der Waals surface area contributed by atoms with E-state index < -0.39 is 5.38 Å². The first-order chi connectivity index (χ1) is 18.4. The highest BCUT2D eigenvalue weighted by Crippen LogP contribution is 2.17. The highest BCUT2D eigenvalue weighted by atomic mass is 35.5. The third-order valence-corrected chi connectivity index (χ3v) is 6.42. The molecule has 1 heterocycles. The van der Waals surface area contributed by atoms with Crippen LogP contribution in [0.2, 0.25) is 0 Å². The lowest BCUT2D eigenvalue weighted by atomic mass is 10.2. The maximum absolute atomic E-state index is 13.7. The van der Waals surface area contributed by atoms with Crippen LogP contribution >= 0.6 is 11.6 Å². The molecule has 0 fully saturated rings. The smallest absolute Gasteiger partial charge is 0.242 e. The molecule has 1 aromatic heterocycles. The molecule has 0 aliphatic heterocycles. The van der Waals surface area contributed by atoms with Crippen LogP contribution in [-0.4, -0.2) is 65.0 Å². The summed E-state index contributed by atoms with van der Waals surface area (Å²) in [5, 5.41) is -0.711. The molecule has 0 N–H and O–H groups in total. The summed E-state index contributed by atoms with van der Waals surface area (Å²) in [7, 11) is 1.66. The van der Waals surface area contributed by atoms with Crippen molar-refractivity contribution >= 4 is 23.4 Å². The minimum Gasteiger partial charge on any atom is -0.497 e. The van der Waals surface area contributed by atoms with Gasteiger partial charge in [0, 0.05) is 44.7 Å². The van der Waals surface area contributed by atoms with Crippen LogP contribution in [0, 0.1) is 0 Å². The van der Waals surface area contributed by atoms with Crippen LogP contribution in [0.5, 0.6) is 5.75 Å². The van der Waals surface area contributed by atoms with Crippen molar-refractivity contribution in [3.8, 4) is 5.75 Å². The Hall–Kier alpha value is -3.29. The van der Waals surface area contributed by atoms with E-state index in [9.17, 15) is 9.59 Å². The van der Waals surface area contributed by atoms with Gasteiger partial charge in [-0.2, -0.15) is 0 Å². The van der Waals surface area contributed by atoms with E-state index in [4.69, 9.17) is 21.1 Å². The molecule has 2 amide bonds. The normalized spacial score (nSPS) is 11.7. The second kappa shape index (κ2) is 15.2. The van der Waals surface area contributed by atoms with E-state index in [2.05, 4.69) is 10.6 Å². The van der Waals surface area contributed by atoms with Crippen molar-refractivity contribution in [1.82, 2.24) is 14.4 Å². The number of benzene rings is 2. The summed E-state index contributed by atoms with van der Waals surface area (Å²) >= 11 is 6.13. The van der Waals surface area contributed by atoms with Crippen LogP contribution in [0.25, 0.3) is 0 Å². The van der Waals surface area contributed by atoms with Crippen LogP contribution in [0.4, 0.5) is 0 Å². The molecule has 38 heavy (non-hydrogen) atoms. The lowest BCUT2D eigenvalue weighted by Crippen LogP contribution is -2.45. The number of rotatable bonds is 15. The van der Waals surface area contributed by atoms with Crippen LogP contribution < -0.4 is 4.74 Å². The lowest BCUT2D eigenvalue weighted by Gasteiger charge is -2.29. The van der Waals surface area contributed by atoms with Gasteiger partial charge in [-0.05, 0) is 55.7 Å². The number of carbonyl (C=O) groups excluding carboxylic acids is 2. The molecule has 204 valence electrons. The van der Waals surface area contributed by atoms with Crippen LogP contribution in [-0.2, 0) is 34.0 Å². The summed E-state index contributed by atoms with van der Waals surface area (Å²) in [6.07, 6.45) is 2.65. The quantitative estimate of drug-likeness (QED) is 0.202. The van der Waals surface area contributed by atoms with Crippen LogP contribution in [0.1, 0.15) is 37.1 Å². The van der Waals surface area contributed by atoms with Gasteiger partial charge in [-0.1, -0.05) is 42.5 Å². The number of methoxy groups -OCH3 is 1. The minimum absolute atomic E-state index is 0.0363. The van der Waals surface area contributed by atoms with Gasteiger partial charge in [0.25, 0.3) is 0 Å². The number of nitrogens with zero attached hydrogens (tertiary/aromatic N) is 3. The van der Waals surface area contributed by atoms with Gasteiger partial charge in [0.05, 0.1) is 20.2 Å². The molecule has 1 unspecified atom stereocenters. The Balaban J connectivity index is 1.79. The van der Waals surface area contributed by atoms with Crippen molar-refractivity contribution in [3.63, 3.8) is 0 Å². The summed E-state index contributed by atoms with van der Waals surface area (Å²) in [5.41, 5.74) is 3.12. The summed E-state index contributed by atoms with van der Waals surface area (Å²) in [4.78, 5) is 29.9. The van der Waals surface area contributed by atoms with Gasteiger partial charge in [0.2, 0.25) is 11.8 Å². The molecule has 7 nitrogen and oxygen atoms in total. The average Bonchev–Trinajstić information content (AvgIpc) is 3.36. The van der Waals surface area contributed by atoms with Crippen LogP contribution in [0.15, 0.2) is 72.9 Å². The van der Waals surface area contributed by atoms with Crippen molar-refractivity contribution in [2.24, 2.45) is 0 Å². The number of hydrogen-bond acceptors (Lipinski definition) is 4. The SMILES string of the molecule is CCOCCCN(CC(=O)N(Cc1ccccc1)Cc1cccn1Cc1cccc(OC)c1)C(=O)C(C)Cl. The van der Waals surface area contributed by atoms with E-state index in [-0.39, 0.29) is 18.4 Å². The molecule has 2 aromatic carbocycles. The zero-order valence-electron chi connectivity index (χ0n) is 22.5. The Labute approximate surface area is 230 Å². The first-order valence-electron chi connectivity index (χ1n) is 13.0. The van der Waals surface area contributed by atoms with Crippen molar-refractivity contribution < 1.29 is 19.1 Å². The summed E-state index contributed by atoms with van der Waals surface area (Å²) in [5.74, 6) is 0.419. The van der Waals surface area contributed by atoms with E-state index in [0.29, 0.717) is 45.8 Å². The van der Waals surface area contributed by atoms with E-state index >= 15 is 0 Å². The zero-order valence-corrected chi connectivity index (χ0v) is 23.3. The predicted octanol–water partition coefficient (Wildman–Crippen LogP) is 4.96. The Morgan fingerprint density at radius 2 is 1.74 bits per heavy atom. The number of carbonyl (C=O) groups is 2. The van der Waals surface area contributed by atoms with Gasteiger partial charge in [-0.15, -0.1) is 11.6 Å². The van der Waals surface area contributed by atoms with E-state index in [0.717, 1.165) is 22.6 Å². The van der Waals surface area contributed by atoms with Crippen LogP contribution in [0.3, 0.4) is 0 Å². The van der Waals surface area contributed by atoms with E-state index in [1.807, 2.05) is 73.8 Å². The molecular formula is C30H38ClN3O4. The van der Waals surface area contributed by atoms with Gasteiger partial charge in [-0.25, -0.2) is 0 Å². The molecule has 3 aromatic rings. The Bertz CT molecular complexity index is 1150. The summed E-state index contributed by atoms with van der Waals surface area (Å²) in [6.45, 7) is 6.56. The van der Waals surface area contributed by atoms with Gasteiger partial charge in [0.15, 0.2) is 0 Å². The largest absolute Gasteiger partial charge is 0.497 e. The maximum Gasteiger partial charge on any atom is 0.242 e. The highest BCUT2D eigenvalue weighted by Gasteiger charge is 2.24. The molecule has 3 rings (SSSR count). The second-order valence-corrected chi connectivity index (χ2v) is 9.80. The number of alkyl halides is 1. The standard InChI is InChI=1S/C30H38ClN3O4/c1-4-38-18-10-17-33(30(36)24(2)31)23-29(35)34(20-25-11-6-5-7-12-25)22-27-14-9-16-32(27)21-26-13-8-15-28(19-26)37-3/h5-9,11-16,19,24H,4,10,17-18,20-23H2,1-3H3. The Morgan fingerprint density at radius 1 is 0.974 bits per heavy atom. The summed E-state index contributed by atoms with van der Waals surface area (Å²) < 4.78 is 12.9. The molecule has 0 spiro atoms. The first kappa shape index (κ1) is 29.3. The first-order valence-corrected chi connectivity index (χ1v) is 13.4. The number of hydrogen-bond donors (Lipinski definition) is 0. The molecule has 0 saturated heterocycles. The fraction of sp³-hybridized carbons (Fsp3) is 0.400. The third-order valence-electron chi connectivity index (χ3n) is 6.23. The number of halogens is 1. The second-order valence-electron chi connectivity index (χ2n) is 9.14. The van der Waals surface area contributed by atoms with Gasteiger partial charge in [-0.3, -0.25) is 9.59 Å². The van der Waals surface area contributed by atoms with Crippen molar-refractivity contribution in [1.29, 1.82) is 0 Å². The number of amides is 2. The van der Waals surface area contributed by atoms with E-state index in [1.165, 1.54) is 0 Å². The fourth-order valence-corrected chi connectivity index (χ4v) is 4.37. The van der Waals surface area contributed by atoms with Crippen molar-refractivity contribution in [2.75, 3.05) is 33.4 Å². The topological polar surface area (TPSA) is 64.0 Å². The van der Waals surface area contributed by atoms with E-state index in [1.54, 1.807) is 23.8 Å². The Kier molecular flexibility index (Phi) is 11.7. The van der Waals surface area contributed by atoms with Crippen molar-refractivity contribution in [3.05, 3.63) is 89.7 Å². The molecule has 0 radical (unpaired) electrons. The zero-order chi connectivity index (χ0) is 27.3. The van der Waals surface area contributed by atoms with Gasteiger partial charge in [0.1, 0.15) is 11.1 Å². The molecule has 1 atom stereocenters.